The van der Waals surface area contributed by atoms with E-state index in [9.17, 15) is 5.11 Å². The van der Waals surface area contributed by atoms with Crippen LogP contribution >= 0.6 is 0 Å². The van der Waals surface area contributed by atoms with Crippen LogP contribution in [0.15, 0.2) is 24.3 Å². The third kappa shape index (κ3) is 3.01. The molecule has 1 unspecified atom stereocenters. The Morgan fingerprint density at radius 1 is 1.36 bits per heavy atom. The first-order valence-corrected chi connectivity index (χ1v) is 4.63. The molecular weight excluding hydrogens is 178 g/mol. The monoisotopic (exact) mass is 195 g/mol. The first kappa shape index (κ1) is 11.0. The second-order valence-corrected chi connectivity index (χ2v) is 3.73. The minimum absolute atomic E-state index is 0.263. The van der Waals surface area contributed by atoms with Gasteiger partial charge in [0.05, 0.1) is 12.7 Å². The van der Waals surface area contributed by atoms with Crippen LogP contribution in [-0.2, 0) is 6.42 Å². The van der Waals surface area contributed by atoms with Crippen LogP contribution in [0.1, 0.15) is 12.5 Å². The van der Waals surface area contributed by atoms with E-state index in [0.717, 1.165) is 11.3 Å². The summed E-state index contributed by atoms with van der Waals surface area (Å²) in [5.74, 6) is 0.821. The van der Waals surface area contributed by atoms with E-state index in [1.807, 2.05) is 24.3 Å². The largest absolute Gasteiger partial charge is 0.497 e. The van der Waals surface area contributed by atoms with Crippen molar-refractivity contribution < 1.29 is 9.84 Å². The summed E-state index contributed by atoms with van der Waals surface area (Å²) in [4.78, 5) is 0. The highest BCUT2D eigenvalue weighted by molar-refractivity contribution is 5.28. The zero-order chi connectivity index (χ0) is 10.6. The van der Waals surface area contributed by atoms with Crippen molar-refractivity contribution in [3.8, 4) is 5.75 Å². The molecule has 0 amide bonds. The van der Waals surface area contributed by atoms with Gasteiger partial charge in [0.1, 0.15) is 5.75 Å². The van der Waals surface area contributed by atoms with Crippen molar-refractivity contribution >= 4 is 0 Å². The van der Waals surface area contributed by atoms with E-state index >= 15 is 0 Å². The molecule has 1 aromatic rings. The van der Waals surface area contributed by atoms with Crippen LogP contribution in [0.4, 0.5) is 0 Å². The van der Waals surface area contributed by atoms with E-state index in [0.29, 0.717) is 6.42 Å². The van der Waals surface area contributed by atoms with Crippen molar-refractivity contribution in [3.63, 3.8) is 0 Å². The number of hydrogen-bond acceptors (Lipinski definition) is 3. The predicted octanol–water partition coefficient (Wildman–Crippen LogP) is 0.947. The summed E-state index contributed by atoms with van der Waals surface area (Å²) >= 11 is 0. The van der Waals surface area contributed by atoms with E-state index in [4.69, 9.17) is 10.5 Å². The van der Waals surface area contributed by atoms with Crippen LogP contribution in [-0.4, -0.2) is 24.4 Å². The molecule has 14 heavy (non-hydrogen) atoms. The van der Waals surface area contributed by atoms with E-state index in [2.05, 4.69) is 0 Å². The molecule has 1 aromatic carbocycles. The minimum Gasteiger partial charge on any atom is -0.497 e. The lowest BCUT2D eigenvalue weighted by Crippen LogP contribution is -2.36. The van der Waals surface area contributed by atoms with Gasteiger partial charge >= 0.3 is 0 Å². The Morgan fingerprint density at radius 2 is 1.93 bits per heavy atom. The maximum Gasteiger partial charge on any atom is 0.118 e. The number of aliphatic hydroxyl groups is 1. The summed E-state index contributed by atoms with van der Waals surface area (Å²) in [6.07, 6.45) is 0.563. The zero-order valence-corrected chi connectivity index (χ0v) is 8.66. The fourth-order valence-corrected chi connectivity index (χ4v) is 1.26. The Balaban J connectivity index is 2.69. The van der Waals surface area contributed by atoms with Gasteiger partial charge in [-0.2, -0.15) is 0 Å². The number of methoxy groups -OCH3 is 1. The van der Waals surface area contributed by atoms with Gasteiger partial charge in [-0.15, -0.1) is 0 Å². The number of nitrogens with two attached hydrogens (primary N) is 1. The quantitative estimate of drug-likeness (QED) is 0.752. The van der Waals surface area contributed by atoms with Gasteiger partial charge in [-0.3, -0.25) is 0 Å². The van der Waals surface area contributed by atoms with Crippen molar-refractivity contribution in [2.75, 3.05) is 13.7 Å². The zero-order valence-electron chi connectivity index (χ0n) is 8.66. The summed E-state index contributed by atoms with van der Waals surface area (Å²) in [5, 5.41) is 9.75. The molecule has 0 fully saturated rings. The van der Waals surface area contributed by atoms with Crippen LogP contribution in [0.3, 0.4) is 0 Å². The summed E-state index contributed by atoms with van der Waals surface area (Å²) in [5.41, 5.74) is 5.67. The molecule has 1 atom stereocenters. The lowest BCUT2D eigenvalue weighted by atomic mass is 9.97. The van der Waals surface area contributed by atoms with Crippen LogP contribution in [0.5, 0.6) is 5.75 Å². The molecule has 0 radical (unpaired) electrons. The molecule has 0 aliphatic rings. The van der Waals surface area contributed by atoms with Gasteiger partial charge in [-0.05, 0) is 24.6 Å². The molecule has 0 aliphatic carbocycles. The van der Waals surface area contributed by atoms with Gasteiger partial charge in [0.15, 0.2) is 0 Å². The number of benzene rings is 1. The molecule has 0 heterocycles. The third-order valence-electron chi connectivity index (χ3n) is 2.18. The number of ether oxygens (including phenoxy) is 1. The third-order valence-corrected chi connectivity index (χ3v) is 2.18. The van der Waals surface area contributed by atoms with Crippen molar-refractivity contribution in [1.29, 1.82) is 0 Å². The molecule has 3 nitrogen and oxygen atoms in total. The Hall–Kier alpha value is -1.06. The Labute approximate surface area is 84.5 Å². The molecular formula is C11H17NO2. The van der Waals surface area contributed by atoms with Gasteiger partial charge in [0, 0.05) is 13.0 Å². The highest BCUT2D eigenvalue weighted by Gasteiger charge is 2.18. The van der Waals surface area contributed by atoms with Gasteiger partial charge in [0.25, 0.3) is 0 Å². The normalized spacial score (nSPS) is 14.9. The van der Waals surface area contributed by atoms with Gasteiger partial charge < -0.3 is 15.6 Å². The maximum absolute atomic E-state index is 9.75. The lowest BCUT2D eigenvalue weighted by molar-refractivity contribution is 0.0696. The van der Waals surface area contributed by atoms with Gasteiger partial charge in [0.2, 0.25) is 0 Å². The van der Waals surface area contributed by atoms with Crippen molar-refractivity contribution in [2.24, 2.45) is 5.73 Å². The van der Waals surface area contributed by atoms with Crippen LogP contribution in [0, 0.1) is 0 Å². The van der Waals surface area contributed by atoms with Crippen molar-refractivity contribution in [2.45, 2.75) is 18.9 Å². The van der Waals surface area contributed by atoms with Crippen molar-refractivity contribution in [1.82, 2.24) is 0 Å². The fourth-order valence-electron chi connectivity index (χ4n) is 1.26. The standard InChI is InChI=1S/C11H17NO2/c1-11(13,8-12)7-9-3-5-10(14-2)6-4-9/h3-6,13H,7-8,12H2,1-2H3. The highest BCUT2D eigenvalue weighted by Crippen LogP contribution is 2.16. The lowest BCUT2D eigenvalue weighted by Gasteiger charge is -2.20. The Kier molecular flexibility index (Phi) is 3.49. The molecule has 0 aliphatic heterocycles. The average Bonchev–Trinajstić information content (AvgIpc) is 2.19. The fraction of sp³-hybridized carbons (Fsp3) is 0.455. The second-order valence-electron chi connectivity index (χ2n) is 3.73. The second kappa shape index (κ2) is 4.44. The topological polar surface area (TPSA) is 55.5 Å². The Morgan fingerprint density at radius 3 is 2.36 bits per heavy atom. The molecule has 0 saturated heterocycles. The molecule has 78 valence electrons. The number of rotatable bonds is 4. The van der Waals surface area contributed by atoms with Gasteiger partial charge in [-0.1, -0.05) is 12.1 Å². The molecule has 3 heteroatoms. The smallest absolute Gasteiger partial charge is 0.118 e. The molecule has 0 aromatic heterocycles. The predicted molar refractivity (Wildman–Crippen MR) is 56.4 cm³/mol. The summed E-state index contributed by atoms with van der Waals surface area (Å²) < 4.78 is 5.04. The maximum atomic E-state index is 9.75. The first-order chi connectivity index (χ1) is 6.57. The summed E-state index contributed by atoms with van der Waals surface area (Å²) in [6.45, 7) is 2.00. The average molecular weight is 195 g/mol. The van der Waals surface area contributed by atoms with Gasteiger partial charge in [-0.25, -0.2) is 0 Å². The highest BCUT2D eigenvalue weighted by atomic mass is 16.5. The van der Waals surface area contributed by atoms with Crippen molar-refractivity contribution in [3.05, 3.63) is 29.8 Å². The van der Waals surface area contributed by atoms with E-state index < -0.39 is 5.60 Å². The van der Waals surface area contributed by atoms with E-state index in [1.165, 1.54) is 0 Å². The molecule has 0 saturated carbocycles. The van der Waals surface area contributed by atoms with E-state index in [-0.39, 0.29) is 6.54 Å². The summed E-state index contributed by atoms with van der Waals surface area (Å²) in [7, 11) is 1.63. The van der Waals surface area contributed by atoms with E-state index in [1.54, 1.807) is 14.0 Å². The number of hydrogen-bond donors (Lipinski definition) is 2. The molecule has 0 bridgehead atoms. The molecule has 3 N–H and O–H groups in total. The minimum atomic E-state index is -0.825. The van der Waals surface area contributed by atoms with Crippen LogP contribution in [0.2, 0.25) is 0 Å². The van der Waals surface area contributed by atoms with Crippen LogP contribution < -0.4 is 10.5 Å². The SMILES string of the molecule is COc1ccc(CC(C)(O)CN)cc1. The molecule has 1 rings (SSSR count). The van der Waals surface area contributed by atoms with Crippen LogP contribution in [0.25, 0.3) is 0 Å². The summed E-state index contributed by atoms with van der Waals surface area (Å²) in [6, 6.07) is 7.62. The first-order valence-electron chi connectivity index (χ1n) is 4.63. The Bertz CT molecular complexity index is 280. The molecule has 0 spiro atoms.